The molecule has 0 spiro atoms. The third-order valence-electron chi connectivity index (χ3n) is 1.96. The predicted molar refractivity (Wildman–Crippen MR) is 65.4 cm³/mol. The molecule has 1 aromatic carbocycles. The summed E-state index contributed by atoms with van der Waals surface area (Å²) < 4.78 is 6.31. The molecule has 0 saturated heterocycles. The number of benzene rings is 1. The van der Waals surface area contributed by atoms with Crippen LogP contribution in [0.4, 0.5) is 5.95 Å². The fourth-order valence-electron chi connectivity index (χ4n) is 1.22. The normalized spacial score (nSPS) is 10.1. The molecule has 16 heavy (non-hydrogen) atoms. The molecule has 82 valence electrons. The number of nitrogens with two attached hydrogens (primary N) is 1. The van der Waals surface area contributed by atoms with Crippen LogP contribution in [0.25, 0.3) is 0 Å². The van der Waals surface area contributed by atoms with E-state index in [0.29, 0.717) is 16.1 Å². The van der Waals surface area contributed by atoms with Gasteiger partial charge in [-0.3, -0.25) is 0 Å². The first-order valence-corrected chi connectivity index (χ1v) is 5.48. The molecule has 0 aliphatic rings. The third kappa shape index (κ3) is 2.30. The van der Waals surface area contributed by atoms with E-state index in [9.17, 15) is 0 Å². The van der Waals surface area contributed by atoms with E-state index in [1.807, 2.05) is 37.3 Å². The summed E-state index contributed by atoms with van der Waals surface area (Å²) in [6.45, 7) is 1.83. The first-order valence-electron chi connectivity index (χ1n) is 4.69. The molecular formula is C11H10BrN3O. The standard InChI is InChI=1S/C11H10BrN3O/c1-7-9(12)10(15-11(13)14-7)16-8-5-3-2-4-6-8/h2-6H,1H3,(H2,13,14,15). The molecular weight excluding hydrogens is 270 g/mol. The van der Waals surface area contributed by atoms with Crippen LogP contribution in [-0.4, -0.2) is 9.97 Å². The number of nitrogen functional groups attached to an aromatic ring is 1. The SMILES string of the molecule is Cc1nc(N)nc(Oc2ccccc2)c1Br. The van der Waals surface area contributed by atoms with Crippen LogP contribution < -0.4 is 10.5 Å². The smallest absolute Gasteiger partial charge is 0.238 e. The molecule has 0 amide bonds. The Morgan fingerprint density at radius 2 is 1.88 bits per heavy atom. The summed E-state index contributed by atoms with van der Waals surface area (Å²) >= 11 is 3.37. The molecule has 0 radical (unpaired) electrons. The van der Waals surface area contributed by atoms with E-state index in [0.717, 1.165) is 5.69 Å². The summed E-state index contributed by atoms with van der Waals surface area (Å²) in [6, 6.07) is 9.39. The summed E-state index contributed by atoms with van der Waals surface area (Å²) in [6.07, 6.45) is 0. The predicted octanol–water partition coefficient (Wildman–Crippen LogP) is 2.92. The van der Waals surface area contributed by atoms with Crippen molar-refractivity contribution in [3.8, 4) is 11.6 Å². The minimum absolute atomic E-state index is 0.201. The minimum Gasteiger partial charge on any atom is -0.438 e. The van der Waals surface area contributed by atoms with Gasteiger partial charge in [0.05, 0.1) is 5.69 Å². The molecule has 2 N–H and O–H groups in total. The van der Waals surface area contributed by atoms with E-state index in [1.54, 1.807) is 0 Å². The Hall–Kier alpha value is -1.62. The van der Waals surface area contributed by atoms with Gasteiger partial charge in [-0.1, -0.05) is 18.2 Å². The van der Waals surface area contributed by atoms with Crippen LogP contribution in [0.5, 0.6) is 11.6 Å². The molecule has 0 aliphatic carbocycles. The van der Waals surface area contributed by atoms with Gasteiger partial charge in [-0.05, 0) is 35.0 Å². The summed E-state index contributed by atoms with van der Waals surface area (Å²) in [5, 5.41) is 0. The average molecular weight is 280 g/mol. The number of ether oxygens (including phenoxy) is 1. The second-order valence-electron chi connectivity index (χ2n) is 3.20. The van der Waals surface area contributed by atoms with Crippen molar-refractivity contribution in [1.82, 2.24) is 9.97 Å². The number of halogens is 1. The highest BCUT2D eigenvalue weighted by Crippen LogP contribution is 2.29. The van der Waals surface area contributed by atoms with Crippen LogP contribution in [0, 0.1) is 6.92 Å². The lowest BCUT2D eigenvalue weighted by atomic mass is 10.3. The summed E-state index contributed by atoms with van der Waals surface area (Å²) in [5.74, 6) is 1.34. The van der Waals surface area contributed by atoms with Crippen molar-refractivity contribution in [2.75, 3.05) is 5.73 Å². The Balaban J connectivity index is 2.35. The van der Waals surface area contributed by atoms with E-state index < -0.39 is 0 Å². The second kappa shape index (κ2) is 4.49. The van der Waals surface area contributed by atoms with Crippen LogP contribution in [0.1, 0.15) is 5.69 Å². The lowest BCUT2D eigenvalue weighted by Crippen LogP contribution is -2.00. The van der Waals surface area contributed by atoms with Crippen molar-refractivity contribution >= 4 is 21.9 Å². The first kappa shape index (κ1) is 10.9. The highest BCUT2D eigenvalue weighted by Gasteiger charge is 2.09. The number of nitrogens with zero attached hydrogens (tertiary/aromatic N) is 2. The van der Waals surface area contributed by atoms with Crippen LogP contribution in [0.2, 0.25) is 0 Å². The summed E-state index contributed by atoms with van der Waals surface area (Å²) in [4.78, 5) is 8.04. The van der Waals surface area contributed by atoms with Gasteiger partial charge in [0.1, 0.15) is 10.2 Å². The number of aromatic nitrogens is 2. The number of aryl methyl sites for hydroxylation is 1. The van der Waals surface area contributed by atoms with E-state index >= 15 is 0 Å². The molecule has 2 aromatic rings. The van der Waals surface area contributed by atoms with Crippen molar-refractivity contribution in [1.29, 1.82) is 0 Å². The van der Waals surface area contributed by atoms with Gasteiger partial charge in [-0.25, -0.2) is 4.98 Å². The number of anilines is 1. The van der Waals surface area contributed by atoms with Gasteiger partial charge in [0.15, 0.2) is 0 Å². The van der Waals surface area contributed by atoms with Crippen LogP contribution in [0.15, 0.2) is 34.8 Å². The van der Waals surface area contributed by atoms with Gasteiger partial charge >= 0.3 is 0 Å². The quantitative estimate of drug-likeness (QED) is 0.918. The zero-order chi connectivity index (χ0) is 11.5. The largest absolute Gasteiger partial charge is 0.438 e. The first-order chi connectivity index (χ1) is 7.66. The maximum atomic E-state index is 5.59. The number of hydrogen-bond acceptors (Lipinski definition) is 4. The van der Waals surface area contributed by atoms with Crippen LogP contribution in [0.3, 0.4) is 0 Å². The molecule has 0 unspecified atom stereocenters. The van der Waals surface area contributed by atoms with Crippen molar-refractivity contribution in [3.05, 3.63) is 40.5 Å². The fraction of sp³-hybridized carbons (Fsp3) is 0.0909. The van der Waals surface area contributed by atoms with E-state index in [-0.39, 0.29) is 5.95 Å². The molecule has 1 heterocycles. The van der Waals surface area contributed by atoms with Crippen molar-refractivity contribution in [2.45, 2.75) is 6.92 Å². The van der Waals surface area contributed by atoms with Gasteiger partial charge in [0, 0.05) is 0 Å². The van der Waals surface area contributed by atoms with Crippen molar-refractivity contribution in [2.24, 2.45) is 0 Å². The molecule has 0 saturated carbocycles. The zero-order valence-corrected chi connectivity index (χ0v) is 10.2. The topological polar surface area (TPSA) is 61.0 Å². The molecule has 0 bridgehead atoms. The van der Waals surface area contributed by atoms with E-state index in [4.69, 9.17) is 10.5 Å². The molecule has 5 heteroatoms. The summed E-state index contributed by atoms with van der Waals surface area (Å²) in [5.41, 5.74) is 6.31. The van der Waals surface area contributed by atoms with Crippen LogP contribution >= 0.6 is 15.9 Å². The number of para-hydroxylation sites is 1. The van der Waals surface area contributed by atoms with Crippen LogP contribution in [-0.2, 0) is 0 Å². The molecule has 0 fully saturated rings. The highest BCUT2D eigenvalue weighted by molar-refractivity contribution is 9.10. The molecule has 4 nitrogen and oxygen atoms in total. The summed E-state index contributed by atoms with van der Waals surface area (Å²) in [7, 11) is 0. The molecule has 2 rings (SSSR count). The van der Waals surface area contributed by atoms with Gasteiger partial charge in [0.25, 0.3) is 0 Å². The Labute approximate surface area is 102 Å². The molecule has 1 aromatic heterocycles. The van der Waals surface area contributed by atoms with Gasteiger partial charge < -0.3 is 10.5 Å². The van der Waals surface area contributed by atoms with Crippen molar-refractivity contribution in [3.63, 3.8) is 0 Å². The lowest BCUT2D eigenvalue weighted by molar-refractivity contribution is 0.458. The Morgan fingerprint density at radius 3 is 2.56 bits per heavy atom. The number of rotatable bonds is 2. The average Bonchev–Trinajstić information content (AvgIpc) is 2.27. The number of hydrogen-bond donors (Lipinski definition) is 1. The maximum absolute atomic E-state index is 5.59. The van der Waals surface area contributed by atoms with E-state index in [2.05, 4.69) is 25.9 Å². The molecule has 0 atom stereocenters. The van der Waals surface area contributed by atoms with Gasteiger partial charge in [-0.2, -0.15) is 4.98 Å². The molecule has 0 aliphatic heterocycles. The second-order valence-corrected chi connectivity index (χ2v) is 3.99. The van der Waals surface area contributed by atoms with E-state index in [1.165, 1.54) is 0 Å². The minimum atomic E-state index is 0.201. The Kier molecular flexibility index (Phi) is 3.05. The lowest BCUT2D eigenvalue weighted by Gasteiger charge is -2.08. The van der Waals surface area contributed by atoms with Gasteiger partial charge in [-0.15, -0.1) is 0 Å². The van der Waals surface area contributed by atoms with Gasteiger partial charge in [0.2, 0.25) is 11.8 Å². The monoisotopic (exact) mass is 279 g/mol. The zero-order valence-electron chi connectivity index (χ0n) is 8.64. The van der Waals surface area contributed by atoms with Crippen molar-refractivity contribution < 1.29 is 4.74 Å². The fourth-order valence-corrected chi connectivity index (χ4v) is 1.48. The Morgan fingerprint density at radius 1 is 1.19 bits per heavy atom. The third-order valence-corrected chi connectivity index (χ3v) is 2.87. The maximum Gasteiger partial charge on any atom is 0.238 e. The highest BCUT2D eigenvalue weighted by atomic mass is 79.9. The Bertz CT molecular complexity index is 502.